The number of allylic oxidation sites excluding steroid dienone is 1. The van der Waals surface area contributed by atoms with Gasteiger partial charge >= 0.3 is 5.97 Å². The van der Waals surface area contributed by atoms with Crippen molar-refractivity contribution in [3.8, 4) is 6.07 Å². The molecule has 4 unspecified atom stereocenters. The van der Waals surface area contributed by atoms with Crippen molar-refractivity contribution in [2.45, 2.75) is 96.7 Å². The number of nitrogens with zero attached hydrogens (tertiary/aromatic N) is 1. The molecule has 0 aromatic carbocycles. The van der Waals surface area contributed by atoms with Gasteiger partial charge in [0.25, 0.3) is 0 Å². The molecule has 1 aliphatic rings. The van der Waals surface area contributed by atoms with E-state index in [4.69, 9.17) is 10.4 Å². The maximum absolute atomic E-state index is 10.5. The zero-order valence-corrected chi connectivity index (χ0v) is 16.9. The molecule has 5 nitrogen and oxygen atoms in total. The lowest BCUT2D eigenvalue weighted by Crippen LogP contribution is -2.28. The van der Waals surface area contributed by atoms with Crippen LogP contribution >= 0.6 is 0 Å². The second kappa shape index (κ2) is 12.2. The lowest BCUT2D eigenvalue weighted by atomic mass is 9.80. The van der Waals surface area contributed by atoms with E-state index in [2.05, 4.69) is 12.1 Å². The number of carboxylic acid groups (broad SMARTS) is 1. The minimum absolute atomic E-state index is 0.231. The van der Waals surface area contributed by atoms with Crippen LogP contribution < -0.4 is 0 Å². The van der Waals surface area contributed by atoms with E-state index >= 15 is 0 Å². The topological polar surface area (TPSA) is 102 Å². The van der Waals surface area contributed by atoms with E-state index in [0.29, 0.717) is 12.3 Å². The third-order valence-electron chi connectivity index (χ3n) is 5.97. The van der Waals surface area contributed by atoms with Gasteiger partial charge in [-0.05, 0) is 55.8 Å². The summed E-state index contributed by atoms with van der Waals surface area (Å²) in [6, 6.07) is 2.15. The van der Waals surface area contributed by atoms with Gasteiger partial charge in [-0.25, -0.2) is 0 Å². The van der Waals surface area contributed by atoms with Gasteiger partial charge in [0.1, 0.15) is 0 Å². The Morgan fingerprint density at radius 2 is 1.93 bits per heavy atom. The van der Waals surface area contributed by atoms with E-state index in [9.17, 15) is 15.0 Å². The summed E-state index contributed by atoms with van der Waals surface area (Å²) >= 11 is 0. The summed E-state index contributed by atoms with van der Waals surface area (Å²) in [6.07, 6.45) is 11.8. The molecule has 3 N–H and O–H groups in total. The molecule has 1 fully saturated rings. The Morgan fingerprint density at radius 3 is 2.59 bits per heavy atom. The van der Waals surface area contributed by atoms with E-state index in [-0.39, 0.29) is 23.9 Å². The fraction of sp³-hybridized carbons (Fsp3) is 0.818. The number of carbonyl (C=O) groups is 1. The van der Waals surface area contributed by atoms with Crippen molar-refractivity contribution in [1.82, 2.24) is 0 Å². The molecular formula is C22H37NO4. The van der Waals surface area contributed by atoms with E-state index in [1.54, 1.807) is 0 Å². The smallest absolute Gasteiger partial charge is 0.303 e. The summed E-state index contributed by atoms with van der Waals surface area (Å²) in [7, 11) is 0. The summed E-state index contributed by atoms with van der Waals surface area (Å²) in [5, 5.41) is 38.2. The predicted molar refractivity (Wildman–Crippen MR) is 106 cm³/mol. The first-order chi connectivity index (χ1) is 12.8. The second-order valence-electron chi connectivity index (χ2n) is 8.65. The van der Waals surface area contributed by atoms with Crippen molar-refractivity contribution in [3.05, 3.63) is 12.2 Å². The molecule has 0 amide bonds. The molecule has 1 rings (SSSR count). The van der Waals surface area contributed by atoms with Crippen LogP contribution in [0.25, 0.3) is 0 Å². The Labute approximate surface area is 164 Å². The lowest BCUT2D eigenvalue weighted by Gasteiger charge is -2.29. The van der Waals surface area contributed by atoms with Gasteiger partial charge < -0.3 is 15.3 Å². The zero-order chi connectivity index (χ0) is 20.3. The van der Waals surface area contributed by atoms with E-state index < -0.39 is 12.1 Å². The average Bonchev–Trinajstić information content (AvgIpc) is 2.95. The van der Waals surface area contributed by atoms with Crippen LogP contribution in [0.15, 0.2) is 12.2 Å². The Kier molecular flexibility index (Phi) is 10.6. The van der Waals surface area contributed by atoms with Crippen molar-refractivity contribution in [1.29, 1.82) is 5.26 Å². The molecule has 0 radical (unpaired) electrons. The van der Waals surface area contributed by atoms with Crippen LogP contribution in [0.3, 0.4) is 0 Å². The first-order valence-electron chi connectivity index (χ1n) is 10.4. The Morgan fingerprint density at radius 1 is 1.22 bits per heavy atom. The number of aliphatic hydroxyl groups excluding tert-OH is 2. The molecule has 154 valence electrons. The molecule has 27 heavy (non-hydrogen) atoms. The standard InChI is InChI=1S/C22H37NO4/c1-22(2,15-7-8-16-23)20(25)14-12-17-11-13-19(24)18(17)9-5-3-4-6-10-21(26)27/h12,14,17-20,24-25H,3-11,13,15H2,1-2H3,(H,26,27). The third-order valence-corrected chi connectivity index (χ3v) is 5.97. The van der Waals surface area contributed by atoms with Gasteiger partial charge in [0.15, 0.2) is 0 Å². The highest BCUT2D eigenvalue weighted by Gasteiger charge is 2.33. The van der Waals surface area contributed by atoms with E-state index in [0.717, 1.165) is 57.8 Å². The minimum atomic E-state index is -0.736. The highest BCUT2D eigenvalue weighted by atomic mass is 16.4. The summed E-state index contributed by atoms with van der Waals surface area (Å²) in [6.45, 7) is 4.05. The molecular weight excluding hydrogens is 342 g/mol. The molecule has 0 bridgehead atoms. The largest absolute Gasteiger partial charge is 0.481 e. The molecule has 4 atom stereocenters. The maximum atomic E-state index is 10.5. The van der Waals surface area contributed by atoms with Crippen molar-refractivity contribution < 1.29 is 20.1 Å². The Hall–Kier alpha value is -1.38. The van der Waals surface area contributed by atoms with E-state index in [1.165, 1.54) is 0 Å². The molecule has 1 aliphatic carbocycles. The van der Waals surface area contributed by atoms with Crippen LogP contribution in [0.4, 0.5) is 0 Å². The van der Waals surface area contributed by atoms with Gasteiger partial charge in [-0.1, -0.05) is 45.3 Å². The van der Waals surface area contributed by atoms with Crippen LogP contribution in [-0.4, -0.2) is 33.5 Å². The van der Waals surface area contributed by atoms with Gasteiger partial charge in [0, 0.05) is 12.8 Å². The van der Waals surface area contributed by atoms with Crippen LogP contribution in [0.2, 0.25) is 0 Å². The molecule has 0 saturated heterocycles. The summed E-state index contributed by atoms with van der Waals surface area (Å²) < 4.78 is 0. The van der Waals surface area contributed by atoms with Crippen molar-refractivity contribution in [2.75, 3.05) is 0 Å². The Bertz CT molecular complexity index is 509. The average molecular weight is 380 g/mol. The molecule has 1 saturated carbocycles. The lowest BCUT2D eigenvalue weighted by molar-refractivity contribution is -0.137. The highest BCUT2D eigenvalue weighted by Crippen LogP contribution is 2.37. The third kappa shape index (κ3) is 8.90. The number of carboxylic acids is 1. The number of hydrogen-bond acceptors (Lipinski definition) is 4. The van der Waals surface area contributed by atoms with Crippen LogP contribution in [0, 0.1) is 28.6 Å². The van der Waals surface area contributed by atoms with Crippen LogP contribution in [0.5, 0.6) is 0 Å². The minimum Gasteiger partial charge on any atom is -0.481 e. The van der Waals surface area contributed by atoms with Gasteiger partial charge in [-0.2, -0.15) is 5.26 Å². The predicted octanol–water partition coefficient (Wildman–Crippen LogP) is 4.44. The van der Waals surface area contributed by atoms with Gasteiger partial charge in [-0.15, -0.1) is 0 Å². The molecule has 0 aromatic heterocycles. The summed E-state index contributed by atoms with van der Waals surface area (Å²) in [5.74, 6) is -0.210. The first kappa shape index (κ1) is 23.7. The van der Waals surface area contributed by atoms with Gasteiger partial charge in [0.05, 0.1) is 18.3 Å². The molecule has 0 aliphatic heterocycles. The number of nitriles is 1. The second-order valence-corrected chi connectivity index (χ2v) is 8.65. The highest BCUT2D eigenvalue weighted by molar-refractivity contribution is 5.66. The monoisotopic (exact) mass is 379 g/mol. The van der Waals surface area contributed by atoms with E-state index in [1.807, 2.05) is 19.9 Å². The van der Waals surface area contributed by atoms with Gasteiger partial charge in [0.2, 0.25) is 0 Å². The quantitative estimate of drug-likeness (QED) is 0.324. The summed E-state index contributed by atoms with van der Waals surface area (Å²) in [5.41, 5.74) is -0.260. The molecule has 0 heterocycles. The number of hydrogen-bond donors (Lipinski definition) is 3. The summed E-state index contributed by atoms with van der Waals surface area (Å²) in [4.78, 5) is 10.5. The number of aliphatic carboxylic acids is 1. The molecule has 0 aromatic rings. The van der Waals surface area contributed by atoms with Gasteiger partial charge in [-0.3, -0.25) is 4.79 Å². The van der Waals surface area contributed by atoms with Crippen molar-refractivity contribution >= 4 is 5.97 Å². The number of rotatable bonds is 13. The molecule has 0 spiro atoms. The molecule has 5 heteroatoms. The van der Waals surface area contributed by atoms with Crippen LogP contribution in [0.1, 0.15) is 84.5 Å². The first-order valence-corrected chi connectivity index (χ1v) is 10.4. The number of aliphatic hydroxyl groups is 2. The van der Waals surface area contributed by atoms with Crippen LogP contribution in [-0.2, 0) is 4.79 Å². The SMILES string of the molecule is CC(C)(CCCC#N)C(O)C=CC1CCC(O)C1CCCCCCC(=O)O. The van der Waals surface area contributed by atoms with Crippen molar-refractivity contribution in [2.24, 2.45) is 17.3 Å². The zero-order valence-electron chi connectivity index (χ0n) is 16.9. The fourth-order valence-corrected chi connectivity index (χ4v) is 4.01. The Balaban J connectivity index is 2.44. The van der Waals surface area contributed by atoms with Crippen molar-refractivity contribution in [3.63, 3.8) is 0 Å². The fourth-order valence-electron chi connectivity index (χ4n) is 4.01. The maximum Gasteiger partial charge on any atom is 0.303 e. The number of unbranched alkanes of at least 4 members (excludes halogenated alkanes) is 4. The normalized spacial score (nSPS) is 24.2.